The molecule has 1 heterocycles. The summed E-state index contributed by atoms with van der Waals surface area (Å²) in [5, 5.41) is 10.6. The number of halogens is 1. The third kappa shape index (κ3) is 2.39. The van der Waals surface area contributed by atoms with Crippen molar-refractivity contribution in [2.75, 3.05) is 14.2 Å². The number of nitrogens with zero attached hydrogens (tertiary/aromatic N) is 1. The quantitative estimate of drug-likeness (QED) is 0.943. The number of methoxy groups -OCH3 is 2. The van der Waals surface area contributed by atoms with E-state index in [-0.39, 0.29) is 6.10 Å². The van der Waals surface area contributed by atoms with Crippen LogP contribution in [0.3, 0.4) is 0 Å². The van der Waals surface area contributed by atoms with Gasteiger partial charge >= 0.3 is 0 Å². The van der Waals surface area contributed by atoms with Crippen LogP contribution in [0.2, 0.25) is 5.02 Å². The van der Waals surface area contributed by atoms with Gasteiger partial charge in [0.2, 0.25) is 0 Å². The molecule has 1 unspecified atom stereocenters. The Morgan fingerprint density at radius 1 is 1.24 bits per heavy atom. The fourth-order valence-electron chi connectivity index (χ4n) is 2.92. The lowest BCUT2D eigenvalue weighted by atomic mass is 9.95. The molecular weight excluding hydrogens is 290 g/mol. The summed E-state index contributed by atoms with van der Waals surface area (Å²) in [5.74, 6) is 1.27. The smallest absolute Gasteiger partial charge is 0.146 e. The van der Waals surface area contributed by atoms with Gasteiger partial charge in [-0.15, -0.1) is 0 Å². The molecule has 1 aliphatic rings. The minimum atomic E-state index is -0.380. The number of rotatable bonds is 3. The molecule has 0 saturated heterocycles. The van der Waals surface area contributed by atoms with E-state index in [0.717, 1.165) is 36.2 Å². The molecule has 21 heavy (non-hydrogen) atoms. The van der Waals surface area contributed by atoms with Crippen molar-refractivity contribution in [2.24, 2.45) is 0 Å². The zero-order chi connectivity index (χ0) is 15.0. The van der Waals surface area contributed by atoms with E-state index in [1.54, 1.807) is 20.3 Å². The monoisotopic (exact) mass is 307 g/mol. The standard InChI is InChI=1S/C16H18ClNO3/c1-20-15-9-16(21-2)13(8-11(15)17)18-7-6-10-12(18)4-3-5-14(10)19/h6-9,14,19H,3-5H2,1-2H3. The van der Waals surface area contributed by atoms with Crippen LogP contribution in [0.15, 0.2) is 24.4 Å². The average molecular weight is 308 g/mol. The highest BCUT2D eigenvalue weighted by Crippen LogP contribution is 2.38. The topological polar surface area (TPSA) is 43.6 Å². The Bertz CT molecular complexity index is 666. The summed E-state index contributed by atoms with van der Waals surface area (Å²) in [6.45, 7) is 0. The van der Waals surface area contributed by atoms with Crippen molar-refractivity contribution in [3.8, 4) is 17.2 Å². The molecule has 4 nitrogen and oxygen atoms in total. The van der Waals surface area contributed by atoms with Gasteiger partial charge < -0.3 is 19.1 Å². The summed E-state index contributed by atoms with van der Waals surface area (Å²) < 4.78 is 12.7. The van der Waals surface area contributed by atoms with Gasteiger partial charge in [-0.3, -0.25) is 0 Å². The Balaban J connectivity index is 2.15. The highest BCUT2D eigenvalue weighted by Gasteiger charge is 2.23. The first-order valence-corrected chi connectivity index (χ1v) is 7.33. The molecule has 0 radical (unpaired) electrons. The van der Waals surface area contributed by atoms with E-state index in [4.69, 9.17) is 21.1 Å². The molecule has 2 aromatic rings. The summed E-state index contributed by atoms with van der Waals surface area (Å²) in [6, 6.07) is 5.58. The van der Waals surface area contributed by atoms with Crippen LogP contribution in [0.5, 0.6) is 11.5 Å². The molecule has 0 spiro atoms. The zero-order valence-corrected chi connectivity index (χ0v) is 12.9. The number of aliphatic hydroxyl groups is 1. The first-order chi connectivity index (χ1) is 10.2. The van der Waals surface area contributed by atoms with Gasteiger partial charge in [0.05, 0.1) is 31.0 Å². The molecule has 1 aliphatic carbocycles. The number of aromatic nitrogens is 1. The molecule has 0 saturated carbocycles. The second-order valence-corrected chi connectivity index (χ2v) is 5.56. The van der Waals surface area contributed by atoms with Gasteiger partial charge in [0.15, 0.2) is 0 Å². The van der Waals surface area contributed by atoms with Crippen molar-refractivity contribution >= 4 is 11.6 Å². The van der Waals surface area contributed by atoms with Gasteiger partial charge in [-0.25, -0.2) is 0 Å². The number of fused-ring (bicyclic) bond motifs is 1. The van der Waals surface area contributed by atoms with Crippen LogP contribution < -0.4 is 9.47 Å². The lowest BCUT2D eigenvalue weighted by Crippen LogP contribution is -2.11. The Labute approximate surface area is 128 Å². The van der Waals surface area contributed by atoms with E-state index < -0.39 is 0 Å². The Morgan fingerprint density at radius 2 is 2.00 bits per heavy atom. The second-order valence-electron chi connectivity index (χ2n) is 5.15. The SMILES string of the molecule is COc1cc(OC)c(-n2ccc3c2CCCC3O)cc1Cl. The lowest BCUT2D eigenvalue weighted by Gasteiger charge is -2.21. The van der Waals surface area contributed by atoms with E-state index in [2.05, 4.69) is 0 Å². The van der Waals surface area contributed by atoms with Gasteiger partial charge in [0.25, 0.3) is 0 Å². The van der Waals surface area contributed by atoms with Crippen molar-refractivity contribution in [3.63, 3.8) is 0 Å². The molecule has 112 valence electrons. The Morgan fingerprint density at radius 3 is 2.71 bits per heavy atom. The normalized spacial score (nSPS) is 17.4. The maximum absolute atomic E-state index is 10.1. The van der Waals surface area contributed by atoms with Gasteiger partial charge in [-0.05, 0) is 31.4 Å². The van der Waals surface area contributed by atoms with E-state index in [9.17, 15) is 5.11 Å². The number of aliphatic hydroxyl groups excluding tert-OH is 1. The number of ether oxygens (including phenoxy) is 2. The van der Waals surface area contributed by atoms with Crippen LogP contribution in [-0.2, 0) is 6.42 Å². The van der Waals surface area contributed by atoms with E-state index in [1.165, 1.54) is 0 Å². The van der Waals surface area contributed by atoms with E-state index in [1.807, 2.05) is 22.9 Å². The summed E-state index contributed by atoms with van der Waals surface area (Å²) in [4.78, 5) is 0. The van der Waals surface area contributed by atoms with Crippen LogP contribution in [0.4, 0.5) is 0 Å². The predicted molar refractivity (Wildman–Crippen MR) is 81.8 cm³/mol. The number of benzene rings is 1. The summed E-state index contributed by atoms with van der Waals surface area (Å²) in [7, 11) is 3.20. The summed E-state index contributed by atoms with van der Waals surface area (Å²) >= 11 is 6.24. The minimum Gasteiger partial charge on any atom is -0.495 e. The largest absolute Gasteiger partial charge is 0.495 e. The van der Waals surface area contributed by atoms with Gasteiger partial charge in [-0.2, -0.15) is 0 Å². The molecule has 0 bridgehead atoms. The van der Waals surface area contributed by atoms with Gasteiger partial charge in [0.1, 0.15) is 11.5 Å². The van der Waals surface area contributed by atoms with Crippen molar-refractivity contribution in [3.05, 3.63) is 40.7 Å². The van der Waals surface area contributed by atoms with Crippen LogP contribution >= 0.6 is 11.6 Å². The molecule has 5 heteroatoms. The molecule has 3 rings (SSSR count). The fourth-order valence-corrected chi connectivity index (χ4v) is 3.16. The van der Waals surface area contributed by atoms with Crippen LogP contribution in [0.25, 0.3) is 5.69 Å². The summed E-state index contributed by atoms with van der Waals surface area (Å²) in [5.41, 5.74) is 2.97. The van der Waals surface area contributed by atoms with Crippen molar-refractivity contribution < 1.29 is 14.6 Å². The van der Waals surface area contributed by atoms with E-state index >= 15 is 0 Å². The van der Waals surface area contributed by atoms with Crippen molar-refractivity contribution in [2.45, 2.75) is 25.4 Å². The van der Waals surface area contributed by atoms with Gasteiger partial charge in [0, 0.05) is 23.5 Å². The molecule has 1 aromatic carbocycles. The third-order valence-electron chi connectivity index (χ3n) is 3.99. The highest BCUT2D eigenvalue weighted by atomic mass is 35.5. The maximum Gasteiger partial charge on any atom is 0.146 e. The molecule has 0 fully saturated rings. The first kappa shape index (κ1) is 14.3. The van der Waals surface area contributed by atoms with Crippen molar-refractivity contribution in [1.82, 2.24) is 4.57 Å². The highest BCUT2D eigenvalue weighted by molar-refractivity contribution is 6.32. The molecule has 0 amide bonds. The number of hydrogen-bond acceptors (Lipinski definition) is 3. The third-order valence-corrected chi connectivity index (χ3v) is 4.29. The fraction of sp³-hybridized carbons (Fsp3) is 0.375. The second kappa shape index (κ2) is 5.62. The first-order valence-electron chi connectivity index (χ1n) is 6.95. The van der Waals surface area contributed by atoms with Crippen LogP contribution in [0.1, 0.15) is 30.2 Å². The lowest BCUT2D eigenvalue weighted by molar-refractivity contribution is 0.156. The molecule has 1 N–H and O–H groups in total. The predicted octanol–water partition coefficient (Wildman–Crippen LogP) is 3.52. The average Bonchev–Trinajstić information content (AvgIpc) is 2.92. The van der Waals surface area contributed by atoms with Crippen molar-refractivity contribution in [1.29, 1.82) is 0 Å². The maximum atomic E-state index is 10.1. The summed E-state index contributed by atoms with van der Waals surface area (Å²) in [6.07, 6.45) is 4.31. The minimum absolute atomic E-state index is 0.380. The Hall–Kier alpha value is -1.65. The zero-order valence-electron chi connectivity index (χ0n) is 12.1. The molecule has 0 aliphatic heterocycles. The molecule has 1 atom stereocenters. The van der Waals surface area contributed by atoms with Gasteiger partial charge in [-0.1, -0.05) is 11.6 Å². The Kier molecular flexibility index (Phi) is 3.83. The van der Waals surface area contributed by atoms with Crippen LogP contribution in [0, 0.1) is 0 Å². The number of hydrogen-bond donors (Lipinski definition) is 1. The molecule has 1 aromatic heterocycles. The van der Waals surface area contributed by atoms with E-state index in [0.29, 0.717) is 16.5 Å². The van der Waals surface area contributed by atoms with Crippen LogP contribution in [-0.4, -0.2) is 23.9 Å². The molecular formula is C16H18ClNO3.